The minimum atomic E-state index is -1.16. The van der Waals surface area contributed by atoms with Crippen LogP contribution in [0.5, 0.6) is 0 Å². The summed E-state index contributed by atoms with van der Waals surface area (Å²) in [7, 11) is 0. The van der Waals surface area contributed by atoms with E-state index in [1.807, 2.05) is 5.48 Å². The Labute approximate surface area is 78.4 Å². The second-order valence-electron chi connectivity index (χ2n) is 2.31. The molecule has 1 heterocycles. The van der Waals surface area contributed by atoms with Gasteiger partial charge in [0.15, 0.2) is 6.61 Å². The maximum absolute atomic E-state index is 11.0. The quantitative estimate of drug-likeness (QED) is 0.555. The zero-order valence-corrected chi connectivity index (χ0v) is 7.08. The summed E-state index contributed by atoms with van der Waals surface area (Å²) >= 11 is 0. The van der Waals surface area contributed by atoms with Gasteiger partial charge in [0.1, 0.15) is 6.54 Å². The van der Waals surface area contributed by atoms with Crippen LogP contribution < -0.4 is 5.48 Å². The first-order valence-electron chi connectivity index (χ1n) is 3.65. The molecule has 0 spiro atoms. The fourth-order valence-electron chi connectivity index (χ4n) is 0.675. The molecule has 8 heteroatoms. The Kier molecular flexibility index (Phi) is 3.56. The number of hydrogen-bond donors (Lipinski definition) is 2. The lowest BCUT2D eigenvalue weighted by Crippen LogP contribution is -2.30. The summed E-state index contributed by atoms with van der Waals surface area (Å²) in [6.45, 7) is -0.650. The zero-order valence-electron chi connectivity index (χ0n) is 7.08. The van der Waals surface area contributed by atoms with E-state index < -0.39 is 18.5 Å². The number of carbonyl (C=O) groups is 2. The largest absolute Gasteiger partial charge is 0.479 e. The average molecular weight is 200 g/mol. The Hall–Kier alpha value is -1.96. The molecule has 1 amide bonds. The van der Waals surface area contributed by atoms with E-state index in [-0.39, 0.29) is 6.54 Å². The molecule has 0 aliphatic carbocycles. The molecule has 0 radical (unpaired) electrons. The summed E-state index contributed by atoms with van der Waals surface area (Å²) < 4.78 is 1.28. The molecule has 14 heavy (non-hydrogen) atoms. The maximum Gasteiger partial charge on any atom is 0.332 e. The molecule has 0 saturated carbocycles. The van der Waals surface area contributed by atoms with Gasteiger partial charge in [-0.2, -0.15) is 0 Å². The number of aromatic nitrogens is 3. The minimum Gasteiger partial charge on any atom is -0.479 e. The molecule has 0 fully saturated rings. The highest BCUT2D eigenvalue weighted by atomic mass is 16.7. The summed E-state index contributed by atoms with van der Waals surface area (Å²) in [4.78, 5) is 25.3. The highest BCUT2D eigenvalue weighted by Gasteiger charge is 2.04. The number of nitrogens with one attached hydrogen (secondary N) is 1. The monoisotopic (exact) mass is 200 g/mol. The second kappa shape index (κ2) is 4.92. The van der Waals surface area contributed by atoms with E-state index in [9.17, 15) is 9.59 Å². The fraction of sp³-hybridized carbons (Fsp3) is 0.333. The molecule has 0 aliphatic rings. The number of nitrogens with zero attached hydrogens (tertiary/aromatic N) is 3. The molecule has 2 N–H and O–H groups in total. The number of carboxylic acids is 1. The van der Waals surface area contributed by atoms with Crippen LogP contribution in [0.15, 0.2) is 12.4 Å². The molecule has 0 atom stereocenters. The molecule has 76 valence electrons. The van der Waals surface area contributed by atoms with Crippen LogP contribution in [-0.2, 0) is 21.0 Å². The molecule has 0 aliphatic heterocycles. The summed E-state index contributed by atoms with van der Waals surface area (Å²) in [6, 6.07) is 0. The van der Waals surface area contributed by atoms with E-state index >= 15 is 0 Å². The number of carbonyl (C=O) groups excluding carboxylic acids is 1. The van der Waals surface area contributed by atoms with E-state index in [0.717, 1.165) is 0 Å². The first-order chi connectivity index (χ1) is 6.68. The van der Waals surface area contributed by atoms with Gasteiger partial charge in [0.05, 0.1) is 6.20 Å². The van der Waals surface area contributed by atoms with Crippen molar-refractivity contribution in [3.8, 4) is 0 Å². The fourth-order valence-corrected chi connectivity index (χ4v) is 0.675. The van der Waals surface area contributed by atoms with Gasteiger partial charge < -0.3 is 5.11 Å². The smallest absolute Gasteiger partial charge is 0.332 e. The SMILES string of the molecule is O=C(O)CONC(=O)Cn1ccnn1. The summed E-state index contributed by atoms with van der Waals surface area (Å²) in [5.41, 5.74) is 1.94. The van der Waals surface area contributed by atoms with E-state index in [4.69, 9.17) is 5.11 Å². The topological polar surface area (TPSA) is 106 Å². The molecule has 1 aromatic rings. The molecular formula is C6H8N4O4. The average Bonchev–Trinajstić information content (AvgIpc) is 2.56. The number of hydrogen-bond acceptors (Lipinski definition) is 5. The van der Waals surface area contributed by atoms with Crippen molar-refractivity contribution < 1.29 is 19.5 Å². The molecule has 0 unspecified atom stereocenters. The third-order valence-electron chi connectivity index (χ3n) is 1.16. The molecule has 1 aromatic heterocycles. The van der Waals surface area contributed by atoms with Crippen molar-refractivity contribution in [2.24, 2.45) is 0 Å². The van der Waals surface area contributed by atoms with Crippen molar-refractivity contribution in [3.05, 3.63) is 12.4 Å². The van der Waals surface area contributed by atoms with Gasteiger partial charge in [-0.1, -0.05) is 5.21 Å². The van der Waals surface area contributed by atoms with Crippen molar-refractivity contribution in [1.82, 2.24) is 20.5 Å². The second-order valence-corrected chi connectivity index (χ2v) is 2.31. The number of hydroxylamine groups is 1. The number of amides is 1. The van der Waals surface area contributed by atoms with Crippen molar-refractivity contribution in [2.75, 3.05) is 6.61 Å². The first-order valence-corrected chi connectivity index (χ1v) is 3.65. The lowest BCUT2D eigenvalue weighted by molar-refractivity contribution is -0.149. The third kappa shape index (κ3) is 3.63. The molecular weight excluding hydrogens is 192 g/mol. The van der Waals surface area contributed by atoms with Crippen molar-refractivity contribution in [2.45, 2.75) is 6.54 Å². The summed E-state index contributed by atoms with van der Waals surface area (Å²) in [5, 5.41) is 15.2. The van der Waals surface area contributed by atoms with Crippen LogP contribution >= 0.6 is 0 Å². The Morgan fingerprint density at radius 2 is 2.36 bits per heavy atom. The van der Waals surface area contributed by atoms with Crippen LogP contribution in [0.25, 0.3) is 0 Å². The molecule has 1 rings (SSSR count). The van der Waals surface area contributed by atoms with E-state index in [1.54, 1.807) is 0 Å². The molecule has 0 saturated heterocycles. The van der Waals surface area contributed by atoms with Gasteiger partial charge in [-0.15, -0.1) is 5.10 Å². The predicted molar refractivity (Wildman–Crippen MR) is 41.8 cm³/mol. The Morgan fingerprint density at radius 3 is 2.93 bits per heavy atom. The van der Waals surface area contributed by atoms with E-state index in [2.05, 4.69) is 15.1 Å². The van der Waals surface area contributed by atoms with Gasteiger partial charge in [-0.3, -0.25) is 9.63 Å². The van der Waals surface area contributed by atoms with Crippen LogP contribution in [0.1, 0.15) is 0 Å². The highest BCUT2D eigenvalue weighted by molar-refractivity contribution is 5.75. The Bertz CT molecular complexity index is 310. The number of rotatable bonds is 5. The Balaban J connectivity index is 2.20. The third-order valence-corrected chi connectivity index (χ3v) is 1.16. The van der Waals surface area contributed by atoms with Crippen LogP contribution in [0, 0.1) is 0 Å². The summed E-state index contributed by atoms with van der Waals surface area (Å²) in [5.74, 6) is -1.66. The number of carboxylic acid groups (broad SMARTS) is 1. The Morgan fingerprint density at radius 1 is 1.57 bits per heavy atom. The molecule has 0 bridgehead atoms. The van der Waals surface area contributed by atoms with E-state index in [1.165, 1.54) is 17.1 Å². The lowest BCUT2D eigenvalue weighted by atomic mass is 10.6. The van der Waals surface area contributed by atoms with Crippen molar-refractivity contribution in [3.63, 3.8) is 0 Å². The minimum absolute atomic E-state index is 0.0698. The van der Waals surface area contributed by atoms with Gasteiger partial charge in [-0.05, 0) is 0 Å². The van der Waals surface area contributed by atoms with Gasteiger partial charge in [0.25, 0.3) is 5.91 Å². The zero-order chi connectivity index (χ0) is 10.4. The normalized spacial score (nSPS) is 9.71. The number of aliphatic carboxylic acids is 1. The molecule has 8 nitrogen and oxygen atoms in total. The van der Waals surface area contributed by atoms with Crippen LogP contribution in [0.2, 0.25) is 0 Å². The maximum atomic E-state index is 11.0. The first kappa shape index (κ1) is 10.1. The van der Waals surface area contributed by atoms with Gasteiger partial charge in [-0.25, -0.2) is 15.0 Å². The highest BCUT2D eigenvalue weighted by Crippen LogP contribution is 1.81. The van der Waals surface area contributed by atoms with Crippen LogP contribution in [0.3, 0.4) is 0 Å². The van der Waals surface area contributed by atoms with Gasteiger partial charge in [0.2, 0.25) is 0 Å². The predicted octanol–water partition coefficient (Wildman–Crippen LogP) is -1.59. The summed E-state index contributed by atoms with van der Waals surface area (Å²) in [6.07, 6.45) is 2.92. The molecule has 0 aromatic carbocycles. The lowest BCUT2D eigenvalue weighted by Gasteiger charge is -2.02. The van der Waals surface area contributed by atoms with Gasteiger partial charge in [0, 0.05) is 6.20 Å². The van der Waals surface area contributed by atoms with Crippen LogP contribution in [-0.4, -0.2) is 38.6 Å². The standard InChI is InChI=1S/C6H8N4O4/c11-5(8-14-4-6(12)13)3-10-2-1-7-9-10/h1-2H,3-4H2,(H,8,11)(H,12,13). The van der Waals surface area contributed by atoms with Crippen molar-refractivity contribution >= 4 is 11.9 Å². The van der Waals surface area contributed by atoms with E-state index in [0.29, 0.717) is 0 Å². The van der Waals surface area contributed by atoms with Gasteiger partial charge >= 0.3 is 5.97 Å². The van der Waals surface area contributed by atoms with Crippen LogP contribution in [0.4, 0.5) is 0 Å². The van der Waals surface area contributed by atoms with Crippen molar-refractivity contribution in [1.29, 1.82) is 0 Å².